The van der Waals surface area contributed by atoms with Crippen LogP contribution in [0.25, 0.3) is 11.3 Å². The van der Waals surface area contributed by atoms with E-state index in [4.69, 9.17) is 16.9 Å². The Kier molecular flexibility index (Phi) is 4.19. The van der Waals surface area contributed by atoms with E-state index >= 15 is 0 Å². The van der Waals surface area contributed by atoms with Gasteiger partial charge in [0.05, 0.1) is 17.8 Å². The molecule has 1 aromatic heterocycles. The number of carboxylic acids is 1. The minimum Gasteiger partial charge on any atom is -0.477 e. The maximum Gasteiger partial charge on any atom is 0.350 e. The lowest BCUT2D eigenvalue weighted by molar-refractivity contribution is -0.129. The summed E-state index contributed by atoms with van der Waals surface area (Å²) in [7, 11) is 0. The lowest BCUT2D eigenvalue weighted by Gasteiger charge is -2.10. The predicted octanol–water partition coefficient (Wildman–Crippen LogP) is 2.66. The molecule has 106 valence electrons. The van der Waals surface area contributed by atoms with Gasteiger partial charge in [0.1, 0.15) is 11.5 Å². The average molecular weight is 281 g/mol. The second kappa shape index (κ2) is 6.06. The second-order valence-electron chi connectivity index (χ2n) is 4.58. The zero-order chi connectivity index (χ0) is 15.4. The number of aromatic amines is 1. The van der Waals surface area contributed by atoms with Gasteiger partial charge in [0.2, 0.25) is 0 Å². The van der Waals surface area contributed by atoms with Crippen molar-refractivity contribution in [3.8, 4) is 23.6 Å². The third kappa shape index (κ3) is 3.00. The molecule has 3 N–H and O–H groups in total. The van der Waals surface area contributed by atoms with Gasteiger partial charge in [0.15, 0.2) is 0 Å². The van der Waals surface area contributed by atoms with Crippen molar-refractivity contribution in [2.75, 3.05) is 0 Å². The minimum atomic E-state index is -1.22. The van der Waals surface area contributed by atoms with Gasteiger partial charge in [-0.2, -0.15) is 0 Å². The summed E-state index contributed by atoms with van der Waals surface area (Å²) in [5.74, 6) is 1.27. The lowest BCUT2D eigenvalue weighted by Crippen LogP contribution is -2.21. The number of aromatic nitrogens is 2. The van der Waals surface area contributed by atoms with Crippen LogP contribution in [0.4, 0.5) is 0 Å². The highest BCUT2D eigenvalue weighted by Gasteiger charge is 2.23. The van der Waals surface area contributed by atoms with Crippen molar-refractivity contribution in [2.24, 2.45) is 0 Å². The zero-order valence-electron chi connectivity index (χ0n) is 11.6. The number of aliphatic carboxylic acids is 1. The fraction of sp³-hybridized carbons (Fsp3) is 0.188. The van der Waals surface area contributed by atoms with E-state index in [1.165, 1.54) is 0 Å². The highest BCUT2D eigenvalue weighted by Crippen LogP contribution is 2.23. The number of hydrogen-bond acceptors (Lipinski definition) is 3. The first-order chi connectivity index (χ1) is 10.1. The predicted molar refractivity (Wildman–Crippen MR) is 80.4 cm³/mol. The molecular weight excluding hydrogens is 266 g/mol. The van der Waals surface area contributed by atoms with E-state index in [9.17, 15) is 4.79 Å². The van der Waals surface area contributed by atoms with E-state index in [1.807, 2.05) is 31.2 Å². The summed E-state index contributed by atoms with van der Waals surface area (Å²) in [5, 5.41) is 16.6. The Labute approximate surface area is 122 Å². The highest BCUT2D eigenvalue weighted by atomic mass is 16.4. The molecule has 21 heavy (non-hydrogen) atoms. The molecule has 2 rings (SSSR count). The number of carbonyl (C=O) groups is 1. The van der Waals surface area contributed by atoms with Crippen LogP contribution in [0.2, 0.25) is 0 Å². The molecule has 5 nitrogen and oxygen atoms in total. The van der Waals surface area contributed by atoms with Gasteiger partial charge in [-0.05, 0) is 24.1 Å². The topological polar surface area (TPSA) is 89.8 Å². The Hall–Kier alpha value is -2.87. The van der Waals surface area contributed by atoms with Crippen molar-refractivity contribution in [1.29, 1.82) is 5.41 Å². The molecular formula is C16H15N3O2. The zero-order valence-corrected chi connectivity index (χ0v) is 11.6. The molecule has 0 saturated carbocycles. The van der Waals surface area contributed by atoms with Gasteiger partial charge in [0.25, 0.3) is 0 Å². The standard InChI is InChI=1S/C16H15N3O2/c1-3-10-5-7-11(8-6-10)13-9-18-15(19-13)12(4-2)14(17)16(20)21/h1,5-9,12,17H,4H2,2H3,(H,18,19)(H,20,21)/t12-/m0/s1. The van der Waals surface area contributed by atoms with Gasteiger partial charge in [-0.3, -0.25) is 5.41 Å². The number of H-pyrrole nitrogens is 1. The first-order valence-corrected chi connectivity index (χ1v) is 6.50. The number of carboxylic acid groups (broad SMARTS) is 1. The van der Waals surface area contributed by atoms with E-state index in [1.54, 1.807) is 6.20 Å². The number of rotatable bonds is 5. The van der Waals surface area contributed by atoms with E-state index in [2.05, 4.69) is 15.9 Å². The second-order valence-corrected chi connectivity index (χ2v) is 4.58. The van der Waals surface area contributed by atoms with Crippen molar-refractivity contribution in [2.45, 2.75) is 19.3 Å². The Morgan fingerprint density at radius 1 is 1.48 bits per heavy atom. The Morgan fingerprint density at radius 3 is 2.67 bits per heavy atom. The molecule has 0 bridgehead atoms. The van der Waals surface area contributed by atoms with Crippen LogP contribution in [-0.4, -0.2) is 26.8 Å². The number of nitrogens with zero attached hydrogens (tertiary/aromatic N) is 1. The van der Waals surface area contributed by atoms with Crippen LogP contribution in [0.3, 0.4) is 0 Å². The fourth-order valence-electron chi connectivity index (χ4n) is 2.09. The van der Waals surface area contributed by atoms with Gasteiger partial charge < -0.3 is 10.1 Å². The molecule has 0 aliphatic carbocycles. The molecule has 1 heterocycles. The Balaban J connectivity index is 2.30. The molecule has 2 aromatic rings. The first-order valence-electron chi connectivity index (χ1n) is 6.50. The first kappa shape index (κ1) is 14.5. The molecule has 0 saturated heterocycles. The Morgan fingerprint density at radius 2 is 2.14 bits per heavy atom. The van der Waals surface area contributed by atoms with E-state index in [-0.39, 0.29) is 5.71 Å². The molecule has 0 amide bonds. The maximum atomic E-state index is 10.9. The molecule has 5 heteroatoms. The molecule has 0 spiro atoms. The highest BCUT2D eigenvalue weighted by molar-refractivity contribution is 6.36. The summed E-state index contributed by atoms with van der Waals surface area (Å²) in [5.41, 5.74) is 2.10. The average Bonchev–Trinajstić information content (AvgIpc) is 2.97. The summed E-state index contributed by atoms with van der Waals surface area (Å²) in [6.45, 7) is 1.83. The smallest absolute Gasteiger partial charge is 0.350 e. The lowest BCUT2D eigenvalue weighted by atomic mass is 10.00. The normalized spacial score (nSPS) is 11.6. The van der Waals surface area contributed by atoms with Crippen LogP contribution in [-0.2, 0) is 4.79 Å². The maximum absolute atomic E-state index is 10.9. The van der Waals surface area contributed by atoms with Crippen LogP contribution >= 0.6 is 0 Å². The monoisotopic (exact) mass is 281 g/mol. The number of imidazole rings is 1. The number of benzene rings is 1. The molecule has 0 aliphatic heterocycles. The Bertz CT molecular complexity index is 708. The SMILES string of the molecule is C#Cc1ccc(-c2cnc([C@@H](CC)C(=N)C(=O)O)[nH]2)cc1. The van der Waals surface area contributed by atoms with Crippen LogP contribution in [0, 0.1) is 17.8 Å². The van der Waals surface area contributed by atoms with E-state index < -0.39 is 11.9 Å². The molecule has 0 radical (unpaired) electrons. The molecule has 0 aliphatic rings. The summed E-state index contributed by atoms with van der Waals surface area (Å²) in [6.07, 6.45) is 7.44. The van der Waals surface area contributed by atoms with Crippen molar-refractivity contribution < 1.29 is 9.90 Å². The number of terminal acetylenes is 1. The van der Waals surface area contributed by atoms with Crippen molar-refractivity contribution in [3.63, 3.8) is 0 Å². The summed E-state index contributed by atoms with van der Waals surface area (Å²) >= 11 is 0. The quantitative estimate of drug-likeness (QED) is 0.581. The number of nitrogens with one attached hydrogen (secondary N) is 2. The van der Waals surface area contributed by atoms with Gasteiger partial charge in [-0.25, -0.2) is 9.78 Å². The summed E-state index contributed by atoms with van der Waals surface area (Å²) in [6, 6.07) is 7.39. The van der Waals surface area contributed by atoms with Gasteiger partial charge in [-0.15, -0.1) is 6.42 Å². The van der Waals surface area contributed by atoms with Crippen LogP contribution < -0.4 is 0 Å². The van der Waals surface area contributed by atoms with Crippen LogP contribution in [0.1, 0.15) is 30.7 Å². The largest absolute Gasteiger partial charge is 0.477 e. The van der Waals surface area contributed by atoms with Crippen LogP contribution in [0.5, 0.6) is 0 Å². The summed E-state index contributed by atoms with van der Waals surface area (Å²) < 4.78 is 0. The van der Waals surface area contributed by atoms with Crippen molar-refractivity contribution >= 4 is 11.7 Å². The van der Waals surface area contributed by atoms with E-state index in [0.29, 0.717) is 12.2 Å². The van der Waals surface area contributed by atoms with Crippen molar-refractivity contribution in [3.05, 3.63) is 41.9 Å². The van der Waals surface area contributed by atoms with Gasteiger partial charge >= 0.3 is 5.97 Å². The molecule has 0 fully saturated rings. The van der Waals surface area contributed by atoms with Crippen LogP contribution in [0.15, 0.2) is 30.5 Å². The minimum absolute atomic E-state index is 0.360. The summed E-state index contributed by atoms with van der Waals surface area (Å²) in [4.78, 5) is 18.2. The molecule has 0 unspecified atom stereocenters. The van der Waals surface area contributed by atoms with Gasteiger partial charge in [-0.1, -0.05) is 25.0 Å². The molecule has 1 atom stereocenters. The third-order valence-electron chi connectivity index (χ3n) is 3.28. The fourth-order valence-corrected chi connectivity index (χ4v) is 2.09. The van der Waals surface area contributed by atoms with Crippen molar-refractivity contribution in [1.82, 2.24) is 9.97 Å². The molecule has 1 aromatic carbocycles. The third-order valence-corrected chi connectivity index (χ3v) is 3.28. The number of hydrogen-bond donors (Lipinski definition) is 3. The van der Waals surface area contributed by atoms with Gasteiger partial charge in [0, 0.05) is 5.56 Å². The van der Waals surface area contributed by atoms with E-state index in [0.717, 1.165) is 16.8 Å².